The number of carbonyl (C=O) groups is 1. The molecule has 1 N–H and O–H groups in total. The van der Waals surface area contributed by atoms with Gasteiger partial charge in [-0.15, -0.1) is 0 Å². The molecule has 7 nitrogen and oxygen atoms in total. The molecule has 2 aromatic rings. The number of amides is 1. The number of hydrogen-bond donors (Lipinski definition) is 1. The van der Waals surface area contributed by atoms with Gasteiger partial charge in [0.1, 0.15) is 4.90 Å². The van der Waals surface area contributed by atoms with Crippen LogP contribution in [0.3, 0.4) is 0 Å². The van der Waals surface area contributed by atoms with Crippen LogP contribution < -0.4 is 5.32 Å². The van der Waals surface area contributed by atoms with Crippen molar-refractivity contribution in [3.63, 3.8) is 0 Å². The van der Waals surface area contributed by atoms with Crippen molar-refractivity contribution >= 4 is 15.9 Å². The van der Waals surface area contributed by atoms with Crippen LogP contribution in [-0.4, -0.2) is 48.0 Å². The Balaban J connectivity index is 1.59. The summed E-state index contributed by atoms with van der Waals surface area (Å²) >= 11 is 0. The van der Waals surface area contributed by atoms with E-state index in [0.29, 0.717) is 37.6 Å². The standard InChI is InChI=1S/C21H30N4O3S/c1-16(19-9-5-4-6-10-19)15-22-20(26)11-14-25-18(3)21(17(2)23-25)29(27,28)24-12-7-8-13-24/h4-6,9-10,16H,7-8,11-15H2,1-3H3,(H,22,26). The molecule has 0 radical (unpaired) electrons. The maximum Gasteiger partial charge on any atom is 0.246 e. The monoisotopic (exact) mass is 418 g/mol. The predicted octanol–water partition coefficient (Wildman–Crippen LogP) is 2.59. The highest BCUT2D eigenvalue weighted by atomic mass is 32.2. The van der Waals surface area contributed by atoms with Crippen LogP contribution in [-0.2, 0) is 21.4 Å². The average Bonchev–Trinajstić information content (AvgIpc) is 3.34. The zero-order chi connectivity index (χ0) is 21.0. The molecule has 1 aliphatic heterocycles. The molecule has 0 bridgehead atoms. The summed E-state index contributed by atoms with van der Waals surface area (Å²) in [5, 5.41) is 7.35. The van der Waals surface area contributed by atoms with Crippen molar-refractivity contribution in [2.45, 2.75) is 57.4 Å². The Morgan fingerprint density at radius 3 is 2.48 bits per heavy atom. The number of benzene rings is 1. The van der Waals surface area contributed by atoms with Gasteiger partial charge < -0.3 is 5.32 Å². The third-order valence-corrected chi connectivity index (χ3v) is 7.65. The van der Waals surface area contributed by atoms with Crippen molar-refractivity contribution < 1.29 is 13.2 Å². The van der Waals surface area contributed by atoms with Gasteiger partial charge in [-0.3, -0.25) is 9.48 Å². The molecule has 1 saturated heterocycles. The summed E-state index contributed by atoms with van der Waals surface area (Å²) in [5.41, 5.74) is 2.27. The lowest BCUT2D eigenvalue weighted by molar-refractivity contribution is -0.121. The summed E-state index contributed by atoms with van der Waals surface area (Å²) in [6, 6.07) is 10.1. The maximum atomic E-state index is 12.9. The van der Waals surface area contributed by atoms with Gasteiger partial charge in [-0.2, -0.15) is 9.40 Å². The van der Waals surface area contributed by atoms with Crippen LogP contribution >= 0.6 is 0 Å². The van der Waals surface area contributed by atoms with E-state index in [0.717, 1.165) is 12.8 Å². The molecular weight excluding hydrogens is 388 g/mol. The Morgan fingerprint density at radius 1 is 1.17 bits per heavy atom. The lowest BCUT2D eigenvalue weighted by Gasteiger charge is -2.16. The van der Waals surface area contributed by atoms with Crippen LogP contribution in [0, 0.1) is 13.8 Å². The first-order chi connectivity index (χ1) is 13.8. The molecule has 1 fully saturated rings. The van der Waals surface area contributed by atoms with Gasteiger partial charge in [-0.25, -0.2) is 8.42 Å². The molecule has 1 amide bonds. The van der Waals surface area contributed by atoms with E-state index in [1.54, 1.807) is 18.5 Å². The minimum Gasteiger partial charge on any atom is -0.355 e. The molecule has 1 aliphatic rings. The van der Waals surface area contributed by atoms with Gasteiger partial charge in [0.2, 0.25) is 15.9 Å². The van der Waals surface area contributed by atoms with Crippen LogP contribution in [0.25, 0.3) is 0 Å². The second-order valence-electron chi connectivity index (χ2n) is 7.70. The maximum absolute atomic E-state index is 12.9. The number of sulfonamides is 1. The van der Waals surface area contributed by atoms with E-state index in [1.807, 2.05) is 18.2 Å². The molecule has 158 valence electrons. The fraction of sp³-hybridized carbons (Fsp3) is 0.524. The molecule has 1 aromatic carbocycles. The van der Waals surface area contributed by atoms with Crippen LogP contribution in [0.5, 0.6) is 0 Å². The first kappa shape index (κ1) is 21.5. The zero-order valence-corrected chi connectivity index (χ0v) is 18.2. The van der Waals surface area contributed by atoms with Crippen molar-refractivity contribution in [1.29, 1.82) is 0 Å². The van der Waals surface area contributed by atoms with Gasteiger partial charge in [0.05, 0.1) is 17.9 Å². The Morgan fingerprint density at radius 2 is 1.83 bits per heavy atom. The van der Waals surface area contributed by atoms with Crippen LogP contribution in [0.1, 0.15) is 49.1 Å². The molecule has 0 spiro atoms. The fourth-order valence-electron chi connectivity index (χ4n) is 3.79. The Bertz CT molecular complexity index is 948. The molecular formula is C21H30N4O3S. The predicted molar refractivity (Wildman–Crippen MR) is 112 cm³/mol. The highest BCUT2D eigenvalue weighted by Gasteiger charge is 2.32. The summed E-state index contributed by atoms with van der Waals surface area (Å²) in [6.45, 7) is 7.60. The topological polar surface area (TPSA) is 84.3 Å². The van der Waals surface area contributed by atoms with Gasteiger partial charge in [0, 0.05) is 26.1 Å². The molecule has 0 aliphatic carbocycles. The number of aryl methyl sites for hydroxylation is 2. The highest BCUT2D eigenvalue weighted by molar-refractivity contribution is 7.89. The van der Waals surface area contributed by atoms with Crippen LogP contribution in [0.2, 0.25) is 0 Å². The van der Waals surface area contributed by atoms with Crippen molar-refractivity contribution in [3.05, 3.63) is 47.3 Å². The van der Waals surface area contributed by atoms with E-state index in [9.17, 15) is 13.2 Å². The molecule has 3 rings (SSSR count). The first-order valence-corrected chi connectivity index (χ1v) is 11.6. The zero-order valence-electron chi connectivity index (χ0n) is 17.4. The first-order valence-electron chi connectivity index (χ1n) is 10.2. The molecule has 1 aromatic heterocycles. The van der Waals surface area contributed by atoms with Crippen molar-refractivity contribution in [1.82, 2.24) is 19.4 Å². The van der Waals surface area contributed by atoms with E-state index in [-0.39, 0.29) is 23.1 Å². The van der Waals surface area contributed by atoms with Gasteiger partial charge in [0.25, 0.3) is 0 Å². The fourth-order valence-corrected chi connectivity index (χ4v) is 5.68. The molecule has 1 unspecified atom stereocenters. The van der Waals surface area contributed by atoms with E-state index in [4.69, 9.17) is 0 Å². The molecule has 8 heteroatoms. The molecule has 29 heavy (non-hydrogen) atoms. The van der Waals surface area contributed by atoms with Gasteiger partial charge >= 0.3 is 0 Å². The third kappa shape index (κ3) is 4.87. The van der Waals surface area contributed by atoms with Crippen molar-refractivity contribution in [3.8, 4) is 0 Å². The molecule has 1 atom stereocenters. The number of nitrogens with one attached hydrogen (secondary N) is 1. The largest absolute Gasteiger partial charge is 0.355 e. The quantitative estimate of drug-likeness (QED) is 0.714. The Labute approximate surface area is 173 Å². The normalized spacial score (nSPS) is 16.1. The average molecular weight is 419 g/mol. The summed E-state index contributed by atoms with van der Waals surface area (Å²) in [7, 11) is -3.52. The number of nitrogens with zero attached hydrogens (tertiary/aromatic N) is 3. The van der Waals surface area contributed by atoms with E-state index >= 15 is 0 Å². The lowest BCUT2D eigenvalue weighted by Crippen LogP contribution is -2.29. The second kappa shape index (κ2) is 9.09. The minimum atomic E-state index is -3.52. The van der Waals surface area contributed by atoms with Gasteiger partial charge in [0.15, 0.2) is 0 Å². The van der Waals surface area contributed by atoms with E-state index in [1.165, 1.54) is 9.87 Å². The van der Waals surface area contributed by atoms with Crippen LogP contribution in [0.4, 0.5) is 0 Å². The third-order valence-electron chi connectivity index (χ3n) is 5.50. The van der Waals surface area contributed by atoms with E-state index < -0.39 is 10.0 Å². The minimum absolute atomic E-state index is 0.0655. The Kier molecular flexibility index (Phi) is 6.74. The highest BCUT2D eigenvalue weighted by Crippen LogP contribution is 2.26. The lowest BCUT2D eigenvalue weighted by atomic mass is 10.0. The smallest absolute Gasteiger partial charge is 0.246 e. The van der Waals surface area contributed by atoms with E-state index in [2.05, 4.69) is 29.5 Å². The summed E-state index contributed by atoms with van der Waals surface area (Å²) in [4.78, 5) is 12.6. The number of aromatic nitrogens is 2. The molecule has 2 heterocycles. The number of carbonyl (C=O) groups excluding carboxylic acids is 1. The summed E-state index contributed by atoms with van der Waals surface area (Å²) < 4.78 is 29.0. The van der Waals surface area contributed by atoms with Crippen molar-refractivity contribution in [2.24, 2.45) is 0 Å². The summed E-state index contributed by atoms with van der Waals surface area (Å²) in [6.07, 6.45) is 2.05. The number of rotatable bonds is 8. The molecule has 0 saturated carbocycles. The Hall–Kier alpha value is -2.19. The second-order valence-corrected chi connectivity index (χ2v) is 9.57. The van der Waals surface area contributed by atoms with Crippen molar-refractivity contribution in [2.75, 3.05) is 19.6 Å². The van der Waals surface area contributed by atoms with Crippen LogP contribution in [0.15, 0.2) is 35.2 Å². The SMILES string of the molecule is Cc1nn(CCC(=O)NCC(C)c2ccccc2)c(C)c1S(=O)(=O)N1CCCC1. The number of hydrogen-bond acceptors (Lipinski definition) is 4. The summed E-state index contributed by atoms with van der Waals surface area (Å²) in [5.74, 6) is 0.162. The van der Waals surface area contributed by atoms with Gasteiger partial charge in [-0.05, 0) is 38.2 Å². The van der Waals surface area contributed by atoms with Gasteiger partial charge in [-0.1, -0.05) is 37.3 Å².